The fourth-order valence-electron chi connectivity index (χ4n) is 2.89. The predicted octanol–water partition coefficient (Wildman–Crippen LogP) is 1.92. The highest BCUT2D eigenvalue weighted by Crippen LogP contribution is 2.68. The number of carbonyl (C=O) groups is 1. The zero-order valence-electron chi connectivity index (χ0n) is 12.6. The summed E-state index contributed by atoms with van der Waals surface area (Å²) in [5.74, 6) is -0.127. The topological polar surface area (TPSA) is 101 Å². The van der Waals surface area contributed by atoms with E-state index < -0.39 is 10.2 Å². The molecule has 21 heavy (non-hydrogen) atoms. The zero-order valence-corrected chi connectivity index (χ0v) is 13.4. The highest BCUT2D eigenvalue weighted by molar-refractivity contribution is 7.90. The normalized spacial score (nSPS) is 19.9. The lowest BCUT2D eigenvalue weighted by Crippen LogP contribution is -2.22. The minimum atomic E-state index is -3.83. The van der Waals surface area contributed by atoms with E-state index >= 15 is 0 Å². The van der Waals surface area contributed by atoms with Gasteiger partial charge in [0.2, 0.25) is 5.91 Å². The van der Waals surface area contributed by atoms with Crippen LogP contribution < -0.4 is 15.2 Å². The van der Waals surface area contributed by atoms with Crippen molar-refractivity contribution >= 4 is 27.5 Å². The summed E-state index contributed by atoms with van der Waals surface area (Å²) in [4.78, 5) is 12.3. The van der Waals surface area contributed by atoms with E-state index in [0.717, 1.165) is 0 Å². The van der Waals surface area contributed by atoms with Gasteiger partial charge in [-0.15, -0.1) is 0 Å². The minimum Gasteiger partial charge on any atom is -0.326 e. The molecule has 0 spiro atoms. The number of hydrogen-bond donors (Lipinski definition) is 3. The smallest absolute Gasteiger partial charge is 0.296 e. The first kappa shape index (κ1) is 15.8. The molecular formula is C14H21N3O3S. The van der Waals surface area contributed by atoms with Gasteiger partial charge in [0.25, 0.3) is 10.2 Å². The molecule has 1 aliphatic rings. The van der Waals surface area contributed by atoms with Crippen molar-refractivity contribution in [3.8, 4) is 0 Å². The van der Waals surface area contributed by atoms with Crippen LogP contribution in [0.4, 0.5) is 11.4 Å². The monoisotopic (exact) mass is 311 g/mol. The lowest BCUT2D eigenvalue weighted by Gasteiger charge is -2.09. The molecule has 0 atom stereocenters. The third-order valence-electron chi connectivity index (χ3n) is 4.67. The second-order valence-electron chi connectivity index (χ2n) is 6.59. The fourth-order valence-corrected chi connectivity index (χ4v) is 3.35. The fraction of sp³-hybridized carbons (Fsp3) is 0.500. The summed E-state index contributed by atoms with van der Waals surface area (Å²) in [6, 6.07) is 6.44. The Bertz CT molecular complexity index is 666. The first-order chi connectivity index (χ1) is 9.45. The summed E-state index contributed by atoms with van der Waals surface area (Å²) in [5, 5.41) is 7.75. The molecule has 0 radical (unpaired) electrons. The van der Waals surface area contributed by atoms with E-state index in [1.165, 1.54) is 6.07 Å². The summed E-state index contributed by atoms with van der Waals surface area (Å²) in [5.41, 5.74) is 0.748. The lowest BCUT2D eigenvalue weighted by molar-refractivity contribution is -0.118. The van der Waals surface area contributed by atoms with Crippen LogP contribution >= 0.6 is 0 Å². The molecule has 7 heteroatoms. The number of amides is 1. The Balaban J connectivity index is 2.11. The summed E-state index contributed by atoms with van der Waals surface area (Å²) in [6.07, 6.45) is 0. The standard InChI is InChI=1S/C14H21N3O3S/c1-13(2)11(14(13,3)4)12(18)16-9-6-5-7-10(8-9)17-21(15,19)20/h5-8,11,17H,1-4H3,(H,16,18)(H2,15,19,20). The van der Waals surface area contributed by atoms with Crippen molar-refractivity contribution in [3.05, 3.63) is 24.3 Å². The molecule has 0 unspecified atom stereocenters. The van der Waals surface area contributed by atoms with Gasteiger partial charge in [-0.05, 0) is 29.0 Å². The lowest BCUT2D eigenvalue weighted by atomic mass is 10.0. The van der Waals surface area contributed by atoms with E-state index in [0.29, 0.717) is 11.4 Å². The zero-order chi connectivity index (χ0) is 16.1. The van der Waals surface area contributed by atoms with Crippen molar-refractivity contribution in [2.75, 3.05) is 10.0 Å². The molecule has 0 aliphatic heterocycles. The average molecular weight is 311 g/mol. The van der Waals surface area contributed by atoms with Crippen molar-refractivity contribution in [2.45, 2.75) is 27.7 Å². The number of nitrogens with one attached hydrogen (secondary N) is 2. The molecule has 116 valence electrons. The molecule has 1 saturated carbocycles. The third kappa shape index (κ3) is 3.03. The molecule has 1 amide bonds. The largest absolute Gasteiger partial charge is 0.326 e. The van der Waals surface area contributed by atoms with E-state index in [-0.39, 0.29) is 22.7 Å². The van der Waals surface area contributed by atoms with Gasteiger partial charge >= 0.3 is 0 Å². The summed E-state index contributed by atoms with van der Waals surface area (Å²) in [6.45, 7) is 8.26. The summed E-state index contributed by atoms with van der Waals surface area (Å²) in [7, 11) is -3.83. The van der Waals surface area contributed by atoms with E-state index in [1.54, 1.807) is 18.2 Å². The van der Waals surface area contributed by atoms with Crippen LogP contribution in [0.5, 0.6) is 0 Å². The number of anilines is 2. The number of carbonyl (C=O) groups excluding carboxylic acids is 1. The van der Waals surface area contributed by atoms with Crippen LogP contribution in [0.25, 0.3) is 0 Å². The van der Waals surface area contributed by atoms with Crippen molar-refractivity contribution < 1.29 is 13.2 Å². The van der Waals surface area contributed by atoms with E-state index in [9.17, 15) is 13.2 Å². The quantitative estimate of drug-likeness (QED) is 0.791. The van der Waals surface area contributed by atoms with Crippen LogP contribution in [0, 0.1) is 16.7 Å². The van der Waals surface area contributed by atoms with Crippen molar-refractivity contribution in [2.24, 2.45) is 21.9 Å². The molecule has 1 aromatic rings. The minimum absolute atomic E-state index is 0.0481. The van der Waals surface area contributed by atoms with Crippen LogP contribution in [0.1, 0.15) is 27.7 Å². The summed E-state index contributed by atoms with van der Waals surface area (Å²) >= 11 is 0. The Labute approximate surface area is 125 Å². The molecular weight excluding hydrogens is 290 g/mol. The second-order valence-corrected chi connectivity index (χ2v) is 7.89. The molecule has 0 saturated heterocycles. The Morgan fingerprint density at radius 3 is 2.14 bits per heavy atom. The van der Waals surface area contributed by atoms with E-state index in [2.05, 4.69) is 37.7 Å². The van der Waals surface area contributed by atoms with Crippen molar-refractivity contribution in [1.82, 2.24) is 0 Å². The molecule has 1 aromatic carbocycles. The van der Waals surface area contributed by atoms with Gasteiger partial charge in [0.05, 0.1) is 5.69 Å². The molecule has 4 N–H and O–H groups in total. The first-order valence-electron chi connectivity index (χ1n) is 6.66. The molecule has 6 nitrogen and oxygen atoms in total. The summed E-state index contributed by atoms with van der Waals surface area (Å²) < 4.78 is 24.2. The maximum atomic E-state index is 12.3. The van der Waals surface area contributed by atoms with Crippen LogP contribution in [0.15, 0.2) is 24.3 Å². The van der Waals surface area contributed by atoms with Gasteiger partial charge in [-0.3, -0.25) is 9.52 Å². The Hall–Kier alpha value is -1.60. The third-order valence-corrected chi connectivity index (χ3v) is 5.19. The van der Waals surface area contributed by atoms with Gasteiger partial charge in [-0.25, -0.2) is 5.14 Å². The number of nitrogens with two attached hydrogens (primary N) is 1. The number of hydrogen-bond acceptors (Lipinski definition) is 3. The molecule has 0 bridgehead atoms. The second kappa shape index (κ2) is 4.71. The number of benzene rings is 1. The molecule has 2 rings (SSSR count). The van der Waals surface area contributed by atoms with Gasteiger partial charge in [0.15, 0.2) is 0 Å². The maximum absolute atomic E-state index is 12.3. The van der Waals surface area contributed by atoms with Crippen LogP contribution in [0.3, 0.4) is 0 Å². The highest BCUT2D eigenvalue weighted by Gasteiger charge is 2.68. The van der Waals surface area contributed by atoms with E-state index in [4.69, 9.17) is 5.14 Å². The molecule has 1 aliphatic carbocycles. The Kier molecular flexibility index (Phi) is 3.54. The average Bonchev–Trinajstić information content (AvgIpc) is 2.66. The van der Waals surface area contributed by atoms with Gasteiger partial charge in [0, 0.05) is 11.6 Å². The SMILES string of the molecule is CC1(C)C(C(=O)Nc2cccc(NS(N)(=O)=O)c2)C1(C)C. The van der Waals surface area contributed by atoms with Crippen molar-refractivity contribution in [1.29, 1.82) is 0 Å². The predicted molar refractivity (Wildman–Crippen MR) is 82.9 cm³/mol. The first-order valence-corrected chi connectivity index (χ1v) is 8.21. The Morgan fingerprint density at radius 2 is 1.67 bits per heavy atom. The van der Waals surface area contributed by atoms with E-state index in [1.807, 2.05) is 0 Å². The molecule has 0 aromatic heterocycles. The van der Waals surface area contributed by atoms with Gasteiger partial charge < -0.3 is 5.32 Å². The number of rotatable bonds is 4. The Morgan fingerprint density at radius 1 is 1.14 bits per heavy atom. The van der Waals surface area contributed by atoms with Gasteiger partial charge in [-0.2, -0.15) is 8.42 Å². The van der Waals surface area contributed by atoms with Crippen LogP contribution in [-0.4, -0.2) is 14.3 Å². The van der Waals surface area contributed by atoms with Gasteiger partial charge in [-0.1, -0.05) is 33.8 Å². The van der Waals surface area contributed by atoms with Crippen LogP contribution in [-0.2, 0) is 15.0 Å². The molecule has 0 heterocycles. The van der Waals surface area contributed by atoms with Gasteiger partial charge in [0.1, 0.15) is 0 Å². The van der Waals surface area contributed by atoms with Crippen molar-refractivity contribution in [3.63, 3.8) is 0 Å². The maximum Gasteiger partial charge on any atom is 0.296 e. The highest BCUT2D eigenvalue weighted by atomic mass is 32.2. The molecule has 1 fully saturated rings. The van der Waals surface area contributed by atoms with Crippen LogP contribution in [0.2, 0.25) is 0 Å².